The van der Waals surface area contributed by atoms with Gasteiger partial charge in [0.2, 0.25) is 15.9 Å². The molecule has 1 amide bonds. The van der Waals surface area contributed by atoms with Crippen molar-refractivity contribution in [1.29, 1.82) is 0 Å². The molecular weight excluding hydrogens is 288 g/mol. The van der Waals surface area contributed by atoms with Gasteiger partial charge in [0.25, 0.3) is 0 Å². The van der Waals surface area contributed by atoms with Crippen LogP contribution in [0.3, 0.4) is 0 Å². The van der Waals surface area contributed by atoms with E-state index < -0.39 is 16.1 Å². The second-order valence-corrected chi connectivity index (χ2v) is 7.37. The molecule has 1 atom stereocenters. The fraction of sp³-hybridized carbons (Fsp3) is 0.533. The van der Waals surface area contributed by atoms with Crippen LogP contribution in [-0.4, -0.2) is 37.5 Å². The Morgan fingerprint density at radius 1 is 1.33 bits per heavy atom. The third kappa shape index (κ3) is 3.44. The molecule has 0 aliphatic carbocycles. The van der Waals surface area contributed by atoms with Gasteiger partial charge in [-0.25, -0.2) is 8.42 Å². The lowest BCUT2D eigenvalue weighted by molar-refractivity contribution is -0.126. The average Bonchev–Trinajstić information content (AvgIpc) is 2.46. The molecule has 6 heteroatoms. The Morgan fingerprint density at radius 3 is 2.71 bits per heavy atom. The molecule has 0 aromatic heterocycles. The van der Waals surface area contributed by atoms with Crippen LogP contribution in [0.1, 0.15) is 36.9 Å². The molecule has 116 valence electrons. The molecule has 1 aliphatic rings. The summed E-state index contributed by atoms with van der Waals surface area (Å²) in [5.74, 6) is -0.144. The van der Waals surface area contributed by atoms with Gasteiger partial charge in [-0.15, -0.1) is 0 Å². The van der Waals surface area contributed by atoms with Gasteiger partial charge in [-0.3, -0.25) is 4.79 Å². The summed E-state index contributed by atoms with van der Waals surface area (Å²) in [6, 6.07) is 6.69. The lowest BCUT2D eigenvalue weighted by Crippen LogP contribution is -2.52. The summed E-state index contributed by atoms with van der Waals surface area (Å²) in [6.45, 7) is 4.55. The molecule has 21 heavy (non-hydrogen) atoms. The van der Waals surface area contributed by atoms with Crippen LogP contribution in [0, 0.1) is 6.92 Å². The maximum atomic E-state index is 12.5. The van der Waals surface area contributed by atoms with E-state index in [0.29, 0.717) is 19.5 Å². The fourth-order valence-corrected chi connectivity index (χ4v) is 4.37. The van der Waals surface area contributed by atoms with Crippen LogP contribution in [0.25, 0.3) is 0 Å². The van der Waals surface area contributed by atoms with Gasteiger partial charge >= 0.3 is 0 Å². The number of aryl methyl sites for hydroxylation is 1. The van der Waals surface area contributed by atoms with E-state index in [4.69, 9.17) is 0 Å². The Kier molecular flexibility index (Phi) is 5.00. The number of unbranched alkanes of at least 4 members (excludes halogenated alkanes) is 1. The zero-order valence-electron chi connectivity index (χ0n) is 12.5. The first-order valence-corrected chi connectivity index (χ1v) is 8.91. The minimum Gasteiger partial charge on any atom is -0.353 e. The SMILES string of the molecule is CCCCS(=O)(=O)N1CCNC(=O)C1c1ccccc1C. The standard InChI is InChI=1S/C15H22N2O3S/c1-3-4-11-21(19,20)17-10-9-16-15(18)14(17)13-8-6-5-7-12(13)2/h5-8,14H,3-4,9-11H2,1-2H3,(H,16,18). The van der Waals surface area contributed by atoms with E-state index >= 15 is 0 Å². The van der Waals surface area contributed by atoms with Gasteiger partial charge in [0.1, 0.15) is 6.04 Å². The third-order valence-electron chi connectivity index (χ3n) is 3.76. The van der Waals surface area contributed by atoms with E-state index in [0.717, 1.165) is 17.5 Å². The Hall–Kier alpha value is -1.40. The van der Waals surface area contributed by atoms with Gasteiger partial charge < -0.3 is 5.32 Å². The summed E-state index contributed by atoms with van der Waals surface area (Å²) in [7, 11) is -3.42. The number of carbonyl (C=O) groups excluding carboxylic acids is 1. The van der Waals surface area contributed by atoms with Gasteiger partial charge in [0, 0.05) is 13.1 Å². The van der Waals surface area contributed by atoms with E-state index in [1.807, 2.05) is 38.1 Å². The molecule has 1 fully saturated rings. The maximum Gasteiger partial charge on any atom is 0.243 e. The van der Waals surface area contributed by atoms with Gasteiger partial charge in [-0.2, -0.15) is 4.31 Å². The first-order valence-electron chi connectivity index (χ1n) is 7.30. The fourth-order valence-electron chi connectivity index (χ4n) is 2.58. The summed E-state index contributed by atoms with van der Waals surface area (Å²) in [4.78, 5) is 12.3. The smallest absolute Gasteiger partial charge is 0.243 e. The molecule has 0 radical (unpaired) electrons. The first-order chi connectivity index (χ1) is 9.97. The Bertz CT molecular complexity index is 613. The molecule has 5 nitrogen and oxygen atoms in total. The maximum absolute atomic E-state index is 12.5. The number of hydrogen-bond acceptors (Lipinski definition) is 3. The van der Waals surface area contributed by atoms with Crippen LogP contribution in [0.5, 0.6) is 0 Å². The minimum atomic E-state index is -3.42. The molecule has 1 unspecified atom stereocenters. The molecular formula is C15H22N2O3S. The highest BCUT2D eigenvalue weighted by molar-refractivity contribution is 7.89. The van der Waals surface area contributed by atoms with Crippen LogP contribution in [0.15, 0.2) is 24.3 Å². The largest absolute Gasteiger partial charge is 0.353 e. The van der Waals surface area contributed by atoms with Crippen molar-refractivity contribution in [3.05, 3.63) is 35.4 Å². The molecule has 0 saturated carbocycles. The number of nitrogens with zero attached hydrogens (tertiary/aromatic N) is 1. The number of nitrogens with one attached hydrogen (secondary N) is 1. The minimum absolute atomic E-state index is 0.0964. The number of sulfonamides is 1. The molecule has 0 bridgehead atoms. The van der Waals surface area contributed by atoms with Crippen LogP contribution < -0.4 is 5.32 Å². The van der Waals surface area contributed by atoms with Crippen molar-refractivity contribution in [2.24, 2.45) is 0 Å². The predicted molar refractivity (Wildman–Crippen MR) is 82.3 cm³/mol. The van der Waals surface area contributed by atoms with E-state index in [-0.39, 0.29) is 11.7 Å². The Morgan fingerprint density at radius 2 is 2.05 bits per heavy atom. The quantitative estimate of drug-likeness (QED) is 0.898. The summed E-state index contributed by atoms with van der Waals surface area (Å²) in [5.41, 5.74) is 1.69. The van der Waals surface area contributed by atoms with Crippen molar-refractivity contribution in [3.8, 4) is 0 Å². The number of carbonyl (C=O) groups is 1. The summed E-state index contributed by atoms with van der Waals surface area (Å²) < 4.78 is 26.4. The average molecular weight is 310 g/mol. The van der Waals surface area contributed by atoms with Crippen molar-refractivity contribution in [1.82, 2.24) is 9.62 Å². The van der Waals surface area contributed by atoms with Crippen molar-refractivity contribution in [2.45, 2.75) is 32.7 Å². The summed E-state index contributed by atoms with van der Waals surface area (Å²) >= 11 is 0. The molecule has 0 spiro atoms. The summed E-state index contributed by atoms with van der Waals surface area (Å²) in [5, 5.41) is 2.77. The van der Waals surface area contributed by atoms with E-state index in [2.05, 4.69) is 5.32 Å². The zero-order chi connectivity index (χ0) is 15.5. The highest BCUT2D eigenvalue weighted by Crippen LogP contribution is 2.28. The predicted octanol–water partition coefficient (Wildman–Crippen LogP) is 1.60. The lowest BCUT2D eigenvalue weighted by atomic mass is 9.99. The van der Waals surface area contributed by atoms with Crippen molar-refractivity contribution >= 4 is 15.9 Å². The van der Waals surface area contributed by atoms with Crippen LogP contribution >= 0.6 is 0 Å². The molecule has 1 N–H and O–H groups in total. The van der Waals surface area contributed by atoms with Crippen molar-refractivity contribution in [2.75, 3.05) is 18.8 Å². The number of benzene rings is 1. The number of piperazine rings is 1. The molecule has 1 aromatic rings. The molecule has 1 aliphatic heterocycles. The molecule has 1 heterocycles. The highest BCUT2D eigenvalue weighted by atomic mass is 32.2. The Balaban J connectivity index is 2.39. The van der Waals surface area contributed by atoms with E-state index in [1.165, 1.54) is 4.31 Å². The van der Waals surface area contributed by atoms with E-state index in [9.17, 15) is 13.2 Å². The first kappa shape index (κ1) is 16.0. The molecule has 1 aromatic carbocycles. The zero-order valence-corrected chi connectivity index (χ0v) is 13.3. The number of hydrogen-bond donors (Lipinski definition) is 1. The second kappa shape index (κ2) is 6.58. The third-order valence-corrected chi connectivity index (χ3v) is 5.68. The second-order valence-electron chi connectivity index (χ2n) is 5.33. The lowest BCUT2D eigenvalue weighted by Gasteiger charge is -2.35. The topological polar surface area (TPSA) is 66.5 Å². The van der Waals surface area contributed by atoms with Gasteiger partial charge in [0.05, 0.1) is 5.75 Å². The normalized spacial score (nSPS) is 20.3. The summed E-state index contributed by atoms with van der Waals surface area (Å²) in [6.07, 6.45) is 1.43. The highest BCUT2D eigenvalue weighted by Gasteiger charge is 2.38. The monoisotopic (exact) mass is 310 g/mol. The Labute approximate surface area is 126 Å². The van der Waals surface area contributed by atoms with Crippen LogP contribution in [0.2, 0.25) is 0 Å². The van der Waals surface area contributed by atoms with Gasteiger partial charge in [0.15, 0.2) is 0 Å². The van der Waals surface area contributed by atoms with Gasteiger partial charge in [-0.05, 0) is 24.5 Å². The van der Waals surface area contributed by atoms with E-state index in [1.54, 1.807) is 0 Å². The van der Waals surface area contributed by atoms with Gasteiger partial charge in [-0.1, -0.05) is 37.6 Å². The van der Waals surface area contributed by atoms with Crippen LogP contribution in [-0.2, 0) is 14.8 Å². The van der Waals surface area contributed by atoms with Crippen LogP contribution in [0.4, 0.5) is 0 Å². The molecule has 1 saturated heterocycles. The molecule has 2 rings (SSSR count). The van der Waals surface area contributed by atoms with Crippen molar-refractivity contribution < 1.29 is 13.2 Å². The number of rotatable bonds is 5. The number of amides is 1. The van der Waals surface area contributed by atoms with Crippen molar-refractivity contribution in [3.63, 3.8) is 0 Å².